The van der Waals surface area contributed by atoms with E-state index in [9.17, 15) is 9.59 Å². The standard InChI is InChI=1S/C29H26N2O3/c1-2-3-19-31(28(32)23-15-9-5-10-16-23)26-20-25(22-13-7-4-8-14-22)30-21-27(26)34-29(33)24-17-11-6-12-18-24/h4-18,20-21H,2-3,19H2,1H3. The van der Waals surface area contributed by atoms with Crippen molar-refractivity contribution in [2.24, 2.45) is 0 Å². The number of nitrogens with zero attached hydrogens (tertiary/aromatic N) is 2. The molecular weight excluding hydrogens is 424 g/mol. The van der Waals surface area contributed by atoms with Gasteiger partial charge in [0.1, 0.15) is 0 Å². The second-order valence-electron chi connectivity index (χ2n) is 7.84. The molecule has 1 aromatic heterocycles. The number of carbonyl (C=O) groups excluding carboxylic acids is 2. The van der Waals surface area contributed by atoms with E-state index in [2.05, 4.69) is 11.9 Å². The van der Waals surface area contributed by atoms with Crippen molar-refractivity contribution >= 4 is 17.6 Å². The van der Waals surface area contributed by atoms with Crippen molar-refractivity contribution in [3.63, 3.8) is 0 Å². The Morgan fingerprint density at radius 3 is 2.03 bits per heavy atom. The van der Waals surface area contributed by atoms with Crippen molar-refractivity contribution in [2.75, 3.05) is 11.4 Å². The molecular formula is C29H26N2O3. The maximum absolute atomic E-state index is 13.6. The van der Waals surface area contributed by atoms with Gasteiger partial charge in [0.2, 0.25) is 0 Å². The highest BCUT2D eigenvalue weighted by molar-refractivity contribution is 6.07. The van der Waals surface area contributed by atoms with E-state index in [-0.39, 0.29) is 11.7 Å². The fourth-order valence-electron chi connectivity index (χ4n) is 3.61. The number of rotatable bonds is 8. The monoisotopic (exact) mass is 450 g/mol. The normalized spacial score (nSPS) is 10.5. The lowest BCUT2D eigenvalue weighted by atomic mass is 10.1. The molecule has 34 heavy (non-hydrogen) atoms. The van der Waals surface area contributed by atoms with E-state index in [1.54, 1.807) is 41.3 Å². The fourth-order valence-corrected chi connectivity index (χ4v) is 3.61. The lowest BCUT2D eigenvalue weighted by Crippen LogP contribution is -2.32. The van der Waals surface area contributed by atoms with Gasteiger partial charge in [0.05, 0.1) is 23.1 Å². The first-order valence-corrected chi connectivity index (χ1v) is 11.4. The Kier molecular flexibility index (Phi) is 7.45. The first-order chi connectivity index (χ1) is 16.7. The molecule has 0 spiro atoms. The van der Waals surface area contributed by atoms with Crippen LogP contribution >= 0.6 is 0 Å². The summed E-state index contributed by atoms with van der Waals surface area (Å²) in [5.74, 6) is -0.413. The molecule has 0 fully saturated rings. The highest BCUT2D eigenvalue weighted by Gasteiger charge is 2.23. The molecule has 170 valence electrons. The number of unbranched alkanes of at least 4 members (excludes halogenated alkanes) is 1. The Bertz CT molecular complexity index is 1240. The quantitative estimate of drug-likeness (QED) is 0.291. The first kappa shape index (κ1) is 22.9. The van der Waals surface area contributed by atoms with E-state index < -0.39 is 5.97 Å². The molecule has 0 aliphatic carbocycles. The number of hydrogen-bond donors (Lipinski definition) is 0. The number of benzene rings is 3. The van der Waals surface area contributed by atoms with E-state index in [1.165, 1.54) is 6.20 Å². The molecule has 0 unspecified atom stereocenters. The summed E-state index contributed by atoms with van der Waals surface area (Å²) in [6.45, 7) is 2.56. The third kappa shape index (κ3) is 5.38. The fraction of sp³-hybridized carbons (Fsp3) is 0.138. The minimum Gasteiger partial charge on any atom is -0.419 e. The number of amides is 1. The summed E-state index contributed by atoms with van der Waals surface area (Å²) in [6, 6.07) is 29.4. The van der Waals surface area contributed by atoms with Gasteiger partial charge in [-0.25, -0.2) is 4.79 Å². The number of ether oxygens (including phenoxy) is 1. The molecule has 5 nitrogen and oxygen atoms in total. The number of esters is 1. The maximum Gasteiger partial charge on any atom is 0.343 e. The second-order valence-corrected chi connectivity index (χ2v) is 7.84. The summed E-state index contributed by atoms with van der Waals surface area (Å²) >= 11 is 0. The van der Waals surface area contributed by atoms with Crippen molar-refractivity contribution in [1.82, 2.24) is 4.98 Å². The van der Waals surface area contributed by atoms with E-state index in [4.69, 9.17) is 4.74 Å². The molecule has 3 aromatic carbocycles. The summed E-state index contributed by atoms with van der Waals surface area (Å²) in [4.78, 5) is 32.6. The van der Waals surface area contributed by atoms with E-state index >= 15 is 0 Å². The van der Waals surface area contributed by atoms with Gasteiger partial charge in [0.15, 0.2) is 5.75 Å². The van der Waals surface area contributed by atoms with Crippen LogP contribution in [0.5, 0.6) is 5.75 Å². The Hall–Kier alpha value is -4.25. The summed E-state index contributed by atoms with van der Waals surface area (Å²) in [5, 5.41) is 0. The van der Waals surface area contributed by atoms with Crippen LogP contribution in [0, 0.1) is 0 Å². The smallest absolute Gasteiger partial charge is 0.343 e. The van der Waals surface area contributed by atoms with E-state index in [0.717, 1.165) is 18.4 Å². The topological polar surface area (TPSA) is 59.5 Å². The zero-order valence-corrected chi connectivity index (χ0v) is 19.1. The van der Waals surface area contributed by atoms with Gasteiger partial charge < -0.3 is 9.64 Å². The summed E-state index contributed by atoms with van der Waals surface area (Å²) < 4.78 is 5.77. The van der Waals surface area contributed by atoms with Gasteiger partial charge in [0.25, 0.3) is 5.91 Å². The van der Waals surface area contributed by atoms with Crippen molar-refractivity contribution in [1.29, 1.82) is 0 Å². The molecule has 0 saturated heterocycles. The minimum atomic E-state index is -0.501. The van der Waals surface area contributed by atoms with Crippen molar-refractivity contribution in [3.05, 3.63) is 114 Å². The predicted octanol–water partition coefficient (Wildman–Crippen LogP) is 6.41. The average Bonchev–Trinajstić information content (AvgIpc) is 2.91. The molecule has 5 heteroatoms. The third-order valence-corrected chi connectivity index (χ3v) is 5.42. The number of pyridine rings is 1. The van der Waals surface area contributed by atoms with Gasteiger partial charge in [-0.05, 0) is 36.8 Å². The van der Waals surface area contributed by atoms with Crippen LogP contribution in [0.2, 0.25) is 0 Å². The van der Waals surface area contributed by atoms with Crippen LogP contribution in [0.4, 0.5) is 5.69 Å². The Morgan fingerprint density at radius 2 is 1.41 bits per heavy atom. The lowest BCUT2D eigenvalue weighted by molar-refractivity contribution is 0.0733. The molecule has 0 saturated carbocycles. The summed E-state index contributed by atoms with van der Waals surface area (Å²) in [7, 11) is 0. The molecule has 0 radical (unpaired) electrons. The van der Waals surface area contributed by atoms with Gasteiger partial charge in [0, 0.05) is 17.7 Å². The second kappa shape index (κ2) is 11.1. The largest absolute Gasteiger partial charge is 0.419 e. The van der Waals surface area contributed by atoms with Crippen LogP contribution in [0.3, 0.4) is 0 Å². The Morgan fingerprint density at radius 1 is 0.824 bits per heavy atom. The van der Waals surface area contributed by atoms with Gasteiger partial charge in [-0.2, -0.15) is 0 Å². The summed E-state index contributed by atoms with van der Waals surface area (Å²) in [5.41, 5.74) is 3.11. The van der Waals surface area contributed by atoms with Crippen molar-refractivity contribution in [3.8, 4) is 17.0 Å². The molecule has 1 heterocycles. The molecule has 4 rings (SSSR count). The number of anilines is 1. The van der Waals surface area contributed by atoms with E-state index in [0.29, 0.717) is 29.1 Å². The van der Waals surface area contributed by atoms with Gasteiger partial charge >= 0.3 is 5.97 Å². The van der Waals surface area contributed by atoms with Gasteiger partial charge in [-0.15, -0.1) is 0 Å². The molecule has 0 N–H and O–H groups in total. The Balaban J connectivity index is 1.79. The van der Waals surface area contributed by atoms with E-state index in [1.807, 2.05) is 60.7 Å². The van der Waals surface area contributed by atoms with Crippen LogP contribution < -0.4 is 9.64 Å². The molecule has 0 atom stereocenters. The number of aromatic nitrogens is 1. The zero-order chi connectivity index (χ0) is 23.8. The first-order valence-electron chi connectivity index (χ1n) is 11.4. The SMILES string of the molecule is CCCCN(C(=O)c1ccccc1)c1cc(-c2ccccc2)ncc1OC(=O)c1ccccc1. The van der Waals surface area contributed by atoms with Gasteiger partial charge in [-0.3, -0.25) is 9.78 Å². The highest BCUT2D eigenvalue weighted by Crippen LogP contribution is 2.33. The summed E-state index contributed by atoms with van der Waals surface area (Å²) in [6.07, 6.45) is 3.23. The van der Waals surface area contributed by atoms with Crippen LogP contribution in [0.25, 0.3) is 11.3 Å². The van der Waals surface area contributed by atoms with Crippen molar-refractivity contribution in [2.45, 2.75) is 19.8 Å². The molecule has 0 aliphatic heterocycles. The van der Waals surface area contributed by atoms with Crippen LogP contribution in [-0.2, 0) is 0 Å². The molecule has 0 aliphatic rings. The lowest BCUT2D eigenvalue weighted by Gasteiger charge is -2.25. The van der Waals surface area contributed by atoms with Crippen LogP contribution in [0.1, 0.15) is 40.5 Å². The maximum atomic E-state index is 13.6. The molecule has 4 aromatic rings. The number of hydrogen-bond acceptors (Lipinski definition) is 4. The molecule has 1 amide bonds. The predicted molar refractivity (Wildman–Crippen MR) is 134 cm³/mol. The highest BCUT2D eigenvalue weighted by atomic mass is 16.5. The van der Waals surface area contributed by atoms with Crippen LogP contribution in [0.15, 0.2) is 103 Å². The van der Waals surface area contributed by atoms with Gasteiger partial charge in [-0.1, -0.05) is 80.1 Å². The van der Waals surface area contributed by atoms with Crippen LogP contribution in [-0.4, -0.2) is 23.4 Å². The third-order valence-electron chi connectivity index (χ3n) is 5.42. The minimum absolute atomic E-state index is 0.156. The Labute approximate surface area is 199 Å². The zero-order valence-electron chi connectivity index (χ0n) is 19.1. The average molecular weight is 451 g/mol. The molecule has 0 bridgehead atoms. The van der Waals surface area contributed by atoms with Crippen molar-refractivity contribution < 1.29 is 14.3 Å². The number of carbonyl (C=O) groups is 2.